The molecule has 1 spiro atoms. The second-order valence-corrected chi connectivity index (χ2v) is 7.61. The number of amides is 1. The van der Waals surface area contributed by atoms with E-state index in [4.69, 9.17) is 14.2 Å². The molecular formula is C23H18N2O5. The van der Waals surface area contributed by atoms with Gasteiger partial charge in [-0.05, 0) is 23.8 Å². The van der Waals surface area contributed by atoms with Crippen molar-refractivity contribution in [3.05, 3.63) is 82.8 Å². The Morgan fingerprint density at radius 3 is 2.53 bits per heavy atom. The Labute approximate surface area is 172 Å². The van der Waals surface area contributed by atoms with E-state index in [-0.39, 0.29) is 19.1 Å². The summed E-state index contributed by atoms with van der Waals surface area (Å²) in [5.74, 6) is 1.77. The number of pyridine rings is 1. The smallest absolute Gasteiger partial charge is 0.246 e. The van der Waals surface area contributed by atoms with Crippen LogP contribution in [0, 0.1) is 5.21 Å². The minimum atomic E-state index is -0.968. The topological polar surface area (TPSA) is 74.9 Å². The van der Waals surface area contributed by atoms with Crippen LogP contribution in [0.15, 0.2) is 60.8 Å². The fourth-order valence-electron chi connectivity index (χ4n) is 4.62. The first-order chi connectivity index (χ1) is 14.7. The van der Waals surface area contributed by atoms with Gasteiger partial charge in [0, 0.05) is 29.4 Å². The first kappa shape index (κ1) is 17.1. The minimum Gasteiger partial charge on any atom is -0.618 e. The Balaban J connectivity index is 1.50. The van der Waals surface area contributed by atoms with Gasteiger partial charge in [0.05, 0.1) is 0 Å². The molecule has 3 aliphatic rings. The molecule has 1 atom stereocenters. The Kier molecular flexibility index (Phi) is 3.50. The van der Waals surface area contributed by atoms with E-state index in [1.54, 1.807) is 29.2 Å². The van der Waals surface area contributed by atoms with Gasteiger partial charge in [-0.25, -0.2) is 0 Å². The molecule has 30 heavy (non-hydrogen) atoms. The molecule has 150 valence electrons. The highest BCUT2D eigenvalue weighted by molar-refractivity contribution is 6.11. The summed E-state index contributed by atoms with van der Waals surface area (Å²) in [6.07, 6.45) is 1.44. The zero-order valence-corrected chi connectivity index (χ0v) is 16.0. The Morgan fingerprint density at radius 1 is 0.933 bits per heavy atom. The standard InChI is InChI=1S/C23H18N2O5/c26-22-23(14-30-19-12-21-20(11-17(19)23)28-9-10-29-21)16-6-1-2-7-18(16)24(22)13-15-5-3-4-8-25(15)27/h1-8,11-12H,9-10,13-14H2. The lowest BCUT2D eigenvalue weighted by Gasteiger charge is -2.24. The average Bonchev–Trinajstić information content (AvgIpc) is 3.26. The van der Waals surface area contributed by atoms with Crippen molar-refractivity contribution in [2.45, 2.75) is 12.0 Å². The lowest BCUT2D eigenvalue weighted by atomic mass is 9.77. The number of benzene rings is 2. The van der Waals surface area contributed by atoms with Gasteiger partial charge >= 0.3 is 0 Å². The van der Waals surface area contributed by atoms with E-state index >= 15 is 0 Å². The third-order valence-corrected chi connectivity index (χ3v) is 6.04. The molecule has 0 radical (unpaired) electrons. The number of para-hydroxylation sites is 1. The molecule has 1 amide bonds. The van der Waals surface area contributed by atoms with Gasteiger partial charge < -0.3 is 24.3 Å². The molecule has 3 aliphatic heterocycles. The van der Waals surface area contributed by atoms with Gasteiger partial charge in [0.25, 0.3) is 0 Å². The maximum atomic E-state index is 13.9. The monoisotopic (exact) mass is 402 g/mol. The van der Waals surface area contributed by atoms with Gasteiger partial charge in [-0.15, -0.1) is 0 Å². The number of fused-ring (bicyclic) bond motifs is 5. The summed E-state index contributed by atoms with van der Waals surface area (Å²) in [6.45, 7) is 1.33. The molecule has 1 aromatic heterocycles. The van der Waals surface area contributed by atoms with Crippen LogP contribution in [0.3, 0.4) is 0 Å². The maximum Gasteiger partial charge on any atom is 0.246 e. The molecule has 0 saturated heterocycles. The fourth-order valence-corrected chi connectivity index (χ4v) is 4.62. The highest BCUT2D eigenvalue weighted by Gasteiger charge is 2.57. The van der Waals surface area contributed by atoms with Crippen molar-refractivity contribution in [1.29, 1.82) is 0 Å². The van der Waals surface area contributed by atoms with Crippen molar-refractivity contribution in [3.8, 4) is 17.2 Å². The summed E-state index contributed by atoms with van der Waals surface area (Å²) in [5, 5.41) is 12.2. The average molecular weight is 402 g/mol. The summed E-state index contributed by atoms with van der Waals surface area (Å²) >= 11 is 0. The van der Waals surface area contributed by atoms with Crippen molar-refractivity contribution >= 4 is 11.6 Å². The van der Waals surface area contributed by atoms with Crippen LogP contribution < -0.4 is 23.8 Å². The normalized spacial score (nSPS) is 20.8. The van der Waals surface area contributed by atoms with Crippen molar-refractivity contribution in [1.82, 2.24) is 0 Å². The molecule has 1 unspecified atom stereocenters. The maximum absolute atomic E-state index is 13.9. The van der Waals surface area contributed by atoms with Crippen LogP contribution in [0.1, 0.15) is 16.8 Å². The molecule has 4 heterocycles. The number of aromatic nitrogens is 1. The highest BCUT2D eigenvalue weighted by Crippen LogP contribution is 2.54. The Morgan fingerprint density at radius 2 is 1.70 bits per heavy atom. The number of rotatable bonds is 2. The molecule has 7 nitrogen and oxygen atoms in total. The molecule has 7 heteroatoms. The highest BCUT2D eigenvalue weighted by atomic mass is 16.6. The predicted octanol–water partition coefficient (Wildman–Crippen LogP) is 2.32. The van der Waals surface area contributed by atoms with E-state index in [1.807, 2.05) is 30.3 Å². The van der Waals surface area contributed by atoms with Gasteiger partial charge in [-0.3, -0.25) is 4.79 Å². The van der Waals surface area contributed by atoms with Gasteiger partial charge in [0.2, 0.25) is 11.6 Å². The van der Waals surface area contributed by atoms with E-state index < -0.39 is 5.41 Å². The van der Waals surface area contributed by atoms with Crippen molar-refractivity contribution in [2.75, 3.05) is 24.7 Å². The van der Waals surface area contributed by atoms with Crippen molar-refractivity contribution < 1.29 is 23.7 Å². The largest absolute Gasteiger partial charge is 0.618 e. The summed E-state index contributed by atoms with van der Waals surface area (Å²) in [6, 6.07) is 16.6. The molecule has 3 aromatic rings. The summed E-state index contributed by atoms with van der Waals surface area (Å²) in [5.41, 5.74) is 1.97. The van der Waals surface area contributed by atoms with E-state index in [1.165, 1.54) is 6.20 Å². The summed E-state index contributed by atoms with van der Waals surface area (Å²) in [4.78, 5) is 15.6. The summed E-state index contributed by atoms with van der Waals surface area (Å²) in [7, 11) is 0. The molecule has 0 aliphatic carbocycles. The third kappa shape index (κ3) is 2.20. The van der Waals surface area contributed by atoms with Gasteiger partial charge in [0.1, 0.15) is 37.5 Å². The van der Waals surface area contributed by atoms with Crippen molar-refractivity contribution in [2.24, 2.45) is 0 Å². The van der Waals surface area contributed by atoms with E-state index in [9.17, 15) is 10.0 Å². The van der Waals surface area contributed by atoms with E-state index in [0.717, 1.165) is 21.5 Å². The molecular weight excluding hydrogens is 384 g/mol. The number of anilines is 1. The number of hydrogen-bond acceptors (Lipinski definition) is 5. The van der Waals surface area contributed by atoms with Crippen LogP contribution in [0.4, 0.5) is 5.69 Å². The molecule has 2 aromatic carbocycles. The lowest BCUT2D eigenvalue weighted by molar-refractivity contribution is -0.613. The van der Waals surface area contributed by atoms with Crippen molar-refractivity contribution in [3.63, 3.8) is 0 Å². The minimum absolute atomic E-state index is 0.108. The zero-order chi connectivity index (χ0) is 20.3. The Bertz CT molecular complexity index is 1190. The number of ether oxygens (including phenoxy) is 3. The second kappa shape index (κ2) is 6.13. The first-order valence-electron chi connectivity index (χ1n) is 9.84. The molecule has 6 rings (SSSR count). The number of nitrogens with zero attached hydrogens (tertiary/aromatic N) is 2. The molecule has 0 bridgehead atoms. The van der Waals surface area contributed by atoms with Crippen LogP contribution >= 0.6 is 0 Å². The quantitative estimate of drug-likeness (QED) is 0.486. The lowest BCUT2D eigenvalue weighted by Crippen LogP contribution is -2.44. The van der Waals surface area contributed by atoms with Crippen LogP contribution in [-0.4, -0.2) is 25.7 Å². The van der Waals surface area contributed by atoms with Crippen LogP contribution in [0.2, 0.25) is 0 Å². The molecule has 0 saturated carbocycles. The fraction of sp³-hybridized carbons (Fsp3) is 0.217. The van der Waals surface area contributed by atoms with Crippen LogP contribution in [-0.2, 0) is 16.8 Å². The number of hydrogen-bond donors (Lipinski definition) is 0. The van der Waals surface area contributed by atoms with Gasteiger partial charge in [-0.1, -0.05) is 18.2 Å². The number of carbonyl (C=O) groups excluding carboxylic acids is 1. The summed E-state index contributed by atoms with van der Waals surface area (Å²) < 4.78 is 18.2. The zero-order valence-electron chi connectivity index (χ0n) is 16.0. The number of carbonyl (C=O) groups is 1. The van der Waals surface area contributed by atoms with E-state index in [0.29, 0.717) is 36.2 Å². The first-order valence-corrected chi connectivity index (χ1v) is 9.84. The molecule has 0 N–H and O–H groups in total. The van der Waals surface area contributed by atoms with Gasteiger partial charge in [0.15, 0.2) is 17.7 Å². The molecule has 0 fully saturated rings. The van der Waals surface area contributed by atoms with E-state index in [2.05, 4.69) is 0 Å². The second-order valence-electron chi connectivity index (χ2n) is 7.61. The SMILES string of the molecule is O=C1N(Cc2cccc[n+]2[O-])c2ccccc2C12COc1cc3c(cc12)OCCO3. The van der Waals surface area contributed by atoms with Gasteiger partial charge in [-0.2, -0.15) is 4.73 Å². The Hall–Kier alpha value is -3.74. The third-order valence-electron chi connectivity index (χ3n) is 6.04. The predicted molar refractivity (Wildman–Crippen MR) is 107 cm³/mol. The van der Waals surface area contributed by atoms with Crippen LogP contribution in [0.5, 0.6) is 17.2 Å². The van der Waals surface area contributed by atoms with Crippen LogP contribution in [0.25, 0.3) is 0 Å².